The molecule has 0 amide bonds. The summed E-state index contributed by atoms with van der Waals surface area (Å²) in [6.45, 7) is 2.27. The molecule has 0 radical (unpaired) electrons. The highest BCUT2D eigenvalue weighted by Crippen LogP contribution is 2.32. The maximum absolute atomic E-state index is 6.20. The van der Waals surface area contributed by atoms with Crippen LogP contribution in [-0.4, -0.2) is 11.3 Å². The molecule has 0 aliphatic heterocycles. The molecule has 0 spiro atoms. The van der Waals surface area contributed by atoms with Gasteiger partial charge in [-0.15, -0.1) is 23.2 Å². The zero-order valence-electron chi connectivity index (χ0n) is 7.02. The maximum Gasteiger partial charge on any atom is 0.0378 e. The molecule has 2 heteroatoms. The number of hydrogen-bond donors (Lipinski definition) is 0. The first-order chi connectivity index (χ1) is 5.25. The molecule has 0 saturated heterocycles. The molecule has 1 rings (SSSR count). The van der Waals surface area contributed by atoms with E-state index >= 15 is 0 Å². The highest BCUT2D eigenvalue weighted by molar-refractivity contribution is 6.22. The summed E-state index contributed by atoms with van der Waals surface area (Å²) in [6.07, 6.45) is 5.08. The van der Waals surface area contributed by atoms with E-state index in [2.05, 4.69) is 6.92 Å². The van der Waals surface area contributed by atoms with Gasteiger partial charge in [-0.2, -0.15) is 0 Å². The van der Waals surface area contributed by atoms with E-state index < -0.39 is 0 Å². The van der Waals surface area contributed by atoms with Gasteiger partial charge >= 0.3 is 0 Å². The summed E-state index contributed by atoms with van der Waals surface area (Å²) < 4.78 is 0. The summed E-state index contributed by atoms with van der Waals surface area (Å²) in [6, 6.07) is 0. The summed E-state index contributed by atoms with van der Waals surface area (Å²) in [5.74, 6) is 1.99. The van der Waals surface area contributed by atoms with Crippen molar-refractivity contribution in [1.29, 1.82) is 0 Å². The Hall–Kier alpha value is 0.580. The zero-order chi connectivity index (χ0) is 8.27. The first kappa shape index (κ1) is 9.67. The molecule has 2 unspecified atom stereocenters. The SMILES string of the molecule is CC1CCCC[C@H](Cl)C1CCl. The molecule has 1 aliphatic carbocycles. The molecule has 0 aromatic rings. The van der Waals surface area contributed by atoms with Crippen LogP contribution in [0, 0.1) is 11.8 Å². The Kier molecular flexibility index (Phi) is 4.01. The van der Waals surface area contributed by atoms with Gasteiger partial charge < -0.3 is 0 Å². The minimum Gasteiger partial charge on any atom is -0.126 e. The fourth-order valence-corrected chi connectivity index (χ4v) is 2.94. The lowest BCUT2D eigenvalue weighted by atomic mass is 9.91. The normalized spacial score (nSPS) is 40.1. The molecule has 3 atom stereocenters. The molecule has 0 aromatic heterocycles. The summed E-state index contributed by atoms with van der Waals surface area (Å²) in [4.78, 5) is 0. The van der Waals surface area contributed by atoms with Gasteiger partial charge in [0.1, 0.15) is 0 Å². The molecular weight excluding hydrogens is 179 g/mol. The Labute approximate surface area is 79.3 Å². The van der Waals surface area contributed by atoms with Crippen LogP contribution in [0.2, 0.25) is 0 Å². The summed E-state index contributed by atoms with van der Waals surface area (Å²) in [5, 5.41) is 0.324. The van der Waals surface area contributed by atoms with E-state index in [0.717, 1.165) is 18.2 Å². The Balaban J connectivity index is 2.51. The van der Waals surface area contributed by atoms with E-state index in [4.69, 9.17) is 23.2 Å². The fraction of sp³-hybridized carbons (Fsp3) is 1.00. The number of rotatable bonds is 1. The molecule has 11 heavy (non-hydrogen) atoms. The summed E-state index contributed by atoms with van der Waals surface area (Å²) >= 11 is 12.1. The van der Waals surface area contributed by atoms with Crippen LogP contribution in [0.5, 0.6) is 0 Å². The molecule has 0 heterocycles. The quantitative estimate of drug-likeness (QED) is 0.442. The average molecular weight is 195 g/mol. The second kappa shape index (κ2) is 4.57. The van der Waals surface area contributed by atoms with Crippen molar-refractivity contribution < 1.29 is 0 Å². The van der Waals surface area contributed by atoms with Crippen molar-refractivity contribution in [2.24, 2.45) is 11.8 Å². The third kappa shape index (κ3) is 2.52. The Morgan fingerprint density at radius 2 is 1.91 bits per heavy atom. The van der Waals surface area contributed by atoms with Crippen molar-refractivity contribution in [3.8, 4) is 0 Å². The van der Waals surface area contributed by atoms with Crippen LogP contribution in [0.4, 0.5) is 0 Å². The van der Waals surface area contributed by atoms with Crippen molar-refractivity contribution in [3.63, 3.8) is 0 Å². The first-order valence-corrected chi connectivity index (χ1v) is 5.43. The molecule has 0 aromatic carbocycles. The largest absolute Gasteiger partial charge is 0.126 e. The van der Waals surface area contributed by atoms with Crippen LogP contribution in [0.25, 0.3) is 0 Å². The van der Waals surface area contributed by atoms with Crippen molar-refractivity contribution in [2.45, 2.75) is 38.0 Å². The molecule has 1 saturated carbocycles. The third-order valence-corrected chi connectivity index (χ3v) is 3.66. The van der Waals surface area contributed by atoms with Crippen LogP contribution in [0.15, 0.2) is 0 Å². The molecular formula is C9H16Cl2. The summed E-state index contributed by atoms with van der Waals surface area (Å²) in [5.41, 5.74) is 0. The fourth-order valence-electron chi connectivity index (χ4n) is 1.84. The molecule has 66 valence electrons. The van der Waals surface area contributed by atoms with Crippen molar-refractivity contribution >= 4 is 23.2 Å². The minimum atomic E-state index is 0.324. The highest BCUT2D eigenvalue weighted by Gasteiger charge is 2.26. The average Bonchev–Trinajstić information content (AvgIpc) is 2.12. The van der Waals surface area contributed by atoms with Crippen LogP contribution in [0.1, 0.15) is 32.6 Å². The smallest absolute Gasteiger partial charge is 0.0378 e. The monoisotopic (exact) mass is 194 g/mol. The van der Waals surface area contributed by atoms with Crippen LogP contribution < -0.4 is 0 Å². The van der Waals surface area contributed by atoms with Gasteiger partial charge in [0.25, 0.3) is 0 Å². The minimum absolute atomic E-state index is 0.324. The maximum atomic E-state index is 6.20. The second-order valence-electron chi connectivity index (χ2n) is 3.60. The summed E-state index contributed by atoms with van der Waals surface area (Å²) in [7, 11) is 0. The predicted octanol–water partition coefficient (Wildman–Crippen LogP) is 3.66. The lowest BCUT2D eigenvalue weighted by molar-refractivity contribution is 0.376. The highest BCUT2D eigenvalue weighted by atomic mass is 35.5. The van der Waals surface area contributed by atoms with Gasteiger partial charge in [0.2, 0.25) is 0 Å². The van der Waals surface area contributed by atoms with Gasteiger partial charge in [0, 0.05) is 11.3 Å². The lowest BCUT2D eigenvalue weighted by Gasteiger charge is -2.22. The number of alkyl halides is 2. The lowest BCUT2D eigenvalue weighted by Crippen LogP contribution is -2.21. The topological polar surface area (TPSA) is 0 Å². The molecule has 0 nitrogen and oxygen atoms in total. The van der Waals surface area contributed by atoms with Gasteiger partial charge in [0.05, 0.1) is 0 Å². The molecule has 0 bridgehead atoms. The van der Waals surface area contributed by atoms with E-state index in [1.807, 2.05) is 0 Å². The van der Waals surface area contributed by atoms with E-state index in [1.54, 1.807) is 0 Å². The zero-order valence-corrected chi connectivity index (χ0v) is 8.54. The van der Waals surface area contributed by atoms with E-state index in [1.165, 1.54) is 19.3 Å². The van der Waals surface area contributed by atoms with Gasteiger partial charge in [-0.05, 0) is 18.3 Å². The number of hydrogen-bond acceptors (Lipinski definition) is 0. The van der Waals surface area contributed by atoms with Crippen LogP contribution in [-0.2, 0) is 0 Å². The molecule has 0 N–H and O–H groups in total. The Bertz CT molecular complexity index is 102. The van der Waals surface area contributed by atoms with Crippen LogP contribution >= 0.6 is 23.2 Å². The number of halogens is 2. The van der Waals surface area contributed by atoms with E-state index in [0.29, 0.717) is 11.3 Å². The molecule has 1 fully saturated rings. The predicted molar refractivity (Wildman–Crippen MR) is 51.5 cm³/mol. The third-order valence-electron chi connectivity index (χ3n) is 2.76. The van der Waals surface area contributed by atoms with Gasteiger partial charge in [-0.1, -0.05) is 26.2 Å². The van der Waals surface area contributed by atoms with Crippen LogP contribution in [0.3, 0.4) is 0 Å². The van der Waals surface area contributed by atoms with Crippen molar-refractivity contribution in [1.82, 2.24) is 0 Å². The Morgan fingerprint density at radius 3 is 2.55 bits per heavy atom. The Morgan fingerprint density at radius 1 is 1.27 bits per heavy atom. The van der Waals surface area contributed by atoms with Gasteiger partial charge in [-0.3, -0.25) is 0 Å². The van der Waals surface area contributed by atoms with Gasteiger partial charge in [-0.25, -0.2) is 0 Å². The standard InChI is InChI=1S/C9H16Cl2/c1-7-4-2-3-5-9(11)8(7)6-10/h7-9H,2-6H2,1H3/t7?,8?,9-/m0/s1. The van der Waals surface area contributed by atoms with Crippen molar-refractivity contribution in [3.05, 3.63) is 0 Å². The molecule has 1 aliphatic rings. The van der Waals surface area contributed by atoms with E-state index in [9.17, 15) is 0 Å². The first-order valence-electron chi connectivity index (χ1n) is 4.45. The van der Waals surface area contributed by atoms with Gasteiger partial charge in [0.15, 0.2) is 0 Å². The van der Waals surface area contributed by atoms with Crippen molar-refractivity contribution in [2.75, 3.05) is 5.88 Å². The van der Waals surface area contributed by atoms with E-state index in [-0.39, 0.29) is 0 Å². The second-order valence-corrected chi connectivity index (χ2v) is 4.47.